The number of nitrogens with zero attached hydrogens (tertiary/aromatic N) is 1. The summed E-state index contributed by atoms with van der Waals surface area (Å²) in [6.07, 6.45) is 0.980. The Morgan fingerprint density at radius 2 is 1.95 bits per heavy atom. The molecule has 0 unspecified atom stereocenters. The number of hydrogen-bond acceptors (Lipinski definition) is 2. The zero-order chi connectivity index (χ0) is 13.2. The largest absolute Gasteiger partial charge is 0.341 e. The monoisotopic (exact) mass is 256 g/mol. The van der Waals surface area contributed by atoms with Gasteiger partial charge in [-0.25, -0.2) is 4.39 Å². The molecule has 1 aliphatic heterocycles. The zero-order valence-electron chi connectivity index (χ0n) is 11.0. The van der Waals surface area contributed by atoms with Crippen molar-refractivity contribution in [1.82, 2.24) is 5.32 Å². The molecule has 0 saturated heterocycles. The molecule has 2 aromatic rings. The summed E-state index contributed by atoms with van der Waals surface area (Å²) in [4.78, 5) is 2.18. The fourth-order valence-corrected chi connectivity index (χ4v) is 2.62. The van der Waals surface area contributed by atoms with Crippen LogP contribution in [0.4, 0.5) is 15.8 Å². The van der Waals surface area contributed by atoms with Crippen LogP contribution in [0, 0.1) is 5.82 Å². The van der Waals surface area contributed by atoms with Crippen LogP contribution in [0.3, 0.4) is 0 Å². The lowest BCUT2D eigenvalue weighted by Crippen LogP contribution is -2.13. The molecule has 2 nitrogen and oxygen atoms in total. The molecule has 0 aromatic heterocycles. The molecule has 0 atom stereocenters. The predicted octanol–water partition coefficient (Wildman–Crippen LogP) is 3.24. The highest BCUT2D eigenvalue weighted by atomic mass is 19.1. The Kier molecular flexibility index (Phi) is 3.22. The van der Waals surface area contributed by atoms with Crippen molar-refractivity contribution in [3.05, 3.63) is 59.4 Å². The molecule has 0 radical (unpaired) electrons. The van der Waals surface area contributed by atoms with Gasteiger partial charge in [-0.2, -0.15) is 0 Å². The van der Waals surface area contributed by atoms with E-state index < -0.39 is 0 Å². The van der Waals surface area contributed by atoms with Crippen molar-refractivity contribution in [3.8, 4) is 0 Å². The van der Waals surface area contributed by atoms with E-state index in [9.17, 15) is 4.39 Å². The highest BCUT2D eigenvalue weighted by Crippen LogP contribution is 2.34. The Morgan fingerprint density at radius 3 is 2.68 bits per heavy atom. The van der Waals surface area contributed by atoms with E-state index in [2.05, 4.69) is 34.5 Å². The summed E-state index contributed by atoms with van der Waals surface area (Å²) in [6, 6.07) is 13.5. The Morgan fingerprint density at radius 1 is 1.16 bits per heavy atom. The van der Waals surface area contributed by atoms with Crippen LogP contribution in [0.1, 0.15) is 11.1 Å². The first-order valence-corrected chi connectivity index (χ1v) is 6.57. The number of benzene rings is 2. The van der Waals surface area contributed by atoms with Gasteiger partial charge in [0.2, 0.25) is 0 Å². The Labute approximate surface area is 112 Å². The van der Waals surface area contributed by atoms with Gasteiger partial charge in [-0.05, 0) is 48.9 Å². The van der Waals surface area contributed by atoms with Crippen molar-refractivity contribution in [2.45, 2.75) is 13.0 Å². The van der Waals surface area contributed by atoms with Gasteiger partial charge in [-0.1, -0.05) is 18.2 Å². The fourth-order valence-electron chi connectivity index (χ4n) is 2.62. The van der Waals surface area contributed by atoms with E-state index in [4.69, 9.17) is 0 Å². The molecule has 1 aliphatic rings. The van der Waals surface area contributed by atoms with Crippen molar-refractivity contribution in [2.24, 2.45) is 0 Å². The summed E-state index contributed by atoms with van der Waals surface area (Å²) in [6.45, 7) is 1.79. The second-order valence-electron chi connectivity index (χ2n) is 4.87. The zero-order valence-corrected chi connectivity index (χ0v) is 11.0. The molecular weight excluding hydrogens is 239 g/mol. The summed E-state index contributed by atoms with van der Waals surface area (Å²) in [5, 5.41) is 3.13. The van der Waals surface area contributed by atoms with Crippen molar-refractivity contribution in [2.75, 3.05) is 18.5 Å². The highest BCUT2D eigenvalue weighted by molar-refractivity contribution is 5.69. The minimum atomic E-state index is -0.169. The number of anilines is 2. The van der Waals surface area contributed by atoms with Gasteiger partial charge in [0.15, 0.2) is 0 Å². The van der Waals surface area contributed by atoms with Crippen LogP contribution in [-0.4, -0.2) is 13.6 Å². The summed E-state index contributed by atoms with van der Waals surface area (Å²) in [5.74, 6) is -0.169. The third-order valence-corrected chi connectivity index (χ3v) is 3.57. The third-order valence-electron chi connectivity index (χ3n) is 3.57. The topological polar surface area (TPSA) is 15.3 Å². The number of halogens is 1. The Balaban J connectivity index is 1.90. The smallest absolute Gasteiger partial charge is 0.125 e. The van der Waals surface area contributed by atoms with Crippen molar-refractivity contribution in [1.29, 1.82) is 0 Å². The van der Waals surface area contributed by atoms with E-state index in [0.29, 0.717) is 0 Å². The van der Waals surface area contributed by atoms with Gasteiger partial charge in [0.1, 0.15) is 5.82 Å². The second kappa shape index (κ2) is 5.02. The van der Waals surface area contributed by atoms with E-state index >= 15 is 0 Å². The predicted molar refractivity (Wildman–Crippen MR) is 76.3 cm³/mol. The standard InChI is InChI=1S/C16H17FN2/c1-18-11-12-2-6-15(7-3-12)19-9-8-13-4-5-14(17)10-16(13)19/h2-7,10,18H,8-9,11H2,1H3. The van der Waals surface area contributed by atoms with E-state index in [1.807, 2.05) is 13.1 Å². The number of rotatable bonds is 3. The van der Waals surface area contributed by atoms with E-state index in [-0.39, 0.29) is 5.82 Å². The average molecular weight is 256 g/mol. The van der Waals surface area contributed by atoms with Gasteiger partial charge >= 0.3 is 0 Å². The Hall–Kier alpha value is -1.87. The van der Waals surface area contributed by atoms with Gasteiger partial charge in [-0.15, -0.1) is 0 Å². The first kappa shape index (κ1) is 12.2. The SMILES string of the molecule is CNCc1ccc(N2CCc3ccc(F)cc32)cc1. The van der Waals surface area contributed by atoms with Crippen LogP contribution in [0.5, 0.6) is 0 Å². The molecule has 0 amide bonds. The first-order valence-electron chi connectivity index (χ1n) is 6.57. The summed E-state index contributed by atoms with van der Waals surface area (Å²) in [7, 11) is 1.94. The van der Waals surface area contributed by atoms with E-state index in [1.54, 1.807) is 12.1 Å². The molecule has 0 fully saturated rings. The maximum atomic E-state index is 13.4. The third kappa shape index (κ3) is 2.34. The van der Waals surface area contributed by atoms with Gasteiger partial charge in [0.25, 0.3) is 0 Å². The van der Waals surface area contributed by atoms with Gasteiger partial charge in [-0.3, -0.25) is 0 Å². The lowest BCUT2D eigenvalue weighted by atomic mass is 10.1. The lowest BCUT2D eigenvalue weighted by Gasteiger charge is -2.20. The molecule has 0 bridgehead atoms. The van der Waals surface area contributed by atoms with Crippen LogP contribution in [-0.2, 0) is 13.0 Å². The molecule has 98 valence electrons. The molecule has 0 spiro atoms. The second-order valence-corrected chi connectivity index (χ2v) is 4.87. The maximum absolute atomic E-state index is 13.4. The first-order chi connectivity index (χ1) is 9.28. The van der Waals surface area contributed by atoms with Crippen molar-refractivity contribution >= 4 is 11.4 Å². The van der Waals surface area contributed by atoms with Crippen LogP contribution in [0.2, 0.25) is 0 Å². The van der Waals surface area contributed by atoms with Crippen molar-refractivity contribution in [3.63, 3.8) is 0 Å². The molecule has 3 heteroatoms. The molecule has 1 N–H and O–H groups in total. The number of hydrogen-bond donors (Lipinski definition) is 1. The Bertz CT molecular complexity index is 578. The molecule has 19 heavy (non-hydrogen) atoms. The van der Waals surface area contributed by atoms with Crippen LogP contribution in [0.15, 0.2) is 42.5 Å². The van der Waals surface area contributed by atoms with Gasteiger partial charge < -0.3 is 10.2 Å². The quantitative estimate of drug-likeness (QED) is 0.907. The summed E-state index contributed by atoms with van der Waals surface area (Å²) in [5.41, 5.74) is 4.61. The van der Waals surface area contributed by atoms with Crippen LogP contribution >= 0.6 is 0 Å². The van der Waals surface area contributed by atoms with Crippen LogP contribution < -0.4 is 10.2 Å². The van der Waals surface area contributed by atoms with Crippen LogP contribution in [0.25, 0.3) is 0 Å². The number of fused-ring (bicyclic) bond motifs is 1. The molecule has 2 aromatic carbocycles. The molecule has 3 rings (SSSR count). The summed E-state index contributed by atoms with van der Waals surface area (Å²) >= 11 is 0. The molecule has 0 saturated carbocycles. The van der Waals surface area contributed by atoms with E-state index in [1.165, 1.54) is 11.1 Å². The van der Waals surface area contributed by atoms with Crippen molar-refractivity contribution < 1.29 is 4.39 Å². The lowest BCUT2D eigenvalue weighted by molar-refractivity contribution is 0.628. The fraction of sp³-hybridized carbons (Fsp3) is 0.250. The normalized spacial score (nSPS) is 13.7. The van der Waals surface area contributed by atoms with E-state index in [0.717, 1.165) is 30.9 Å². The average Bonchev–Trinajstić information content (AvgIpc) is 2.83. The molecule has 0 aliphatic carbocycles. The maximum Gasteiger partial charge on any atom is 0.125 e. The molecular formula is C16H17FN2. The highest BCUT2D eigenvalue weighted by Gasteiger charge is 2.20. The van der Waals surface area contributed by atoms with Gasteiger partial charge in [0.05, 0.1) is 0 Å². The minimum absolute atomic E-state index is 0.169. The summed E-state index contributed by atoms with van der Waals surface area (Å²) < 4.78 is 13.4. The van der Waals surface area contributed by atoms with Gasteiger partial charge in [0, 0.05) is 24.5 Å². The number of nitrogens with one attached hydrogen (secondary N) is 1. The molecule has 1 heterocycles. The minimum Gasteiger partial charge on any atom is -0.341 e.